The lowest BCUT2D eigenvalue weighted by Gasteiger charge is -2.08. The number of nitrogens with two attached hydrogens (primary N) is 1. The molecular weight excluding hydrogens is 220 g/mol. The van der Waals surface area contributed by atoms with Crippen molar-refractivity contribution in [1.82, 2.24) is 4.98 Å². The Morgan fingerprint density at radius 2 is 1.89 bits per heavy atom. The highest BCUT2D eigenvalue weighted by atomic mass is 14.6. The molecule has 0 bridgehead atoms. The van der Waals surface area contributed by atoms with Crippen molar-refractivity contribution in [3.05, 3.63) is 60.3 Å². The van der Waals surface area contributed by atoms with E-state index in [0.717, 1.165) is 16.6 Å². The first kappa shape index (κ1) is 10.8. The normalized spacial score (nSPS) is 10.7. The van der Waals surface area contributed by atoms with Crippen LogP contribution in [0.2, 0.25) is 0 Å². The van der Waals surface area contributed by atoms with Crippen LogP contribution in [0.5, 0.6) is 0 Å². The predicted octanol–water partition coefficient (Wildman–Crippen LogP) is 3.79. The Hall–Kier alpha value is -2.35. The molecule has 0 aliphatic heterocycles. The third kappa shape index (κ3) is 1.82. The molecule has 0 atom stereocenters. The maximum Gasteiger partial charge on any atom is 0.0708 e. The van der Waals surface area contributed by atoms with Crippen molar-refractivity contribution in [1.29, 1.82) is 0 Å². The van der Waals surface area contributed by atoms with E-state index >= 15 is 0 Å². The Balaban J connectivity index is 2.19. The topological polar surface area (TPSA) is 38.9 Å². The molecule has 1 heterocycles. The van der Waals surface area contributed by atoms with E-state index in [-0.39, 0.29) is 0 Å². The zero-order valence-corrected chi connectivity index (χ0v) is 10.2. The second kappa shape index (κ2) is 4.15. The summed E-state index contributed by atoms with van der Waals surface area (Å²) in [5.74, 6) is 0. The molecule has 2 nitrogen and oxygen atoms in total. The average molecular weight is 234 g/mol. The van der Waals surface area contributed by atoms with Gasteiger partial charge in [0.25, 0.3) is 0 Å². The Morgan fingerprint density at radius 1 is 1.00 bits per heavy atom. The summed E-state index contributed by atoms with van der Waals surface area (Å²) in [4.78, 5) is 4.39. The second-order valence-corrected chi connectivity index (χ2v) is 4.49. The van der Waals surface area contributed by atoms with Crippen molar-refractivity contribution < 1.29 is 0 Å². The molecule has 0 spiro atoms. The predicted molar refractivity (Wildman–Crippen MR) is 76.3 cm³/mol. The van der Waals surface area contributed by atoms with Gasteiger partial charge in [0.05, 0.1) is 5.52 Å². The van der Waals surface area contributed by atoms with Crippen LogP contribution < -0.4 is 5.73 Å². The smallest absolute Gasteiger partial charge is 0.0708 e. The van der Waals surface area contributed by atoms with Gasteiger partial charge in [-0.3, -0.25) is 4.98 Å². The van der Waals surface area contributed by atoms with Crippen molar-refractivity contribution >= 4 is 16.6 Å². The third-order valence-corrected chi connectivity index (χ3v) is 3.17. The van der Waals surface area contributed by atoms with Crippen molar-refractivity contribution in [2.75, 3.05) is 5.73 Å². The Bertz CT molecular complexity index is 717. The highest BCUT2D eigenvalue weighted by Gasteiger charge is 2.03. The monoisotopic (exact) mass is 234 g/mol. The number of rotatable bonds is 1. The van der Waals surface area contributed by atoms with Crippen LogP contribution in [0.3, 0.4) is 0 Å². The van der Waals surface area contributed by atoms with E-state index in [4.69, 9.17) is 5.73 Å². The summed E-state index contributed by atoms with van der Waals surface area (Å²) in [6, 6.07) is 16.4. The lowest BCUT2D eigenvalue weighted by molar-refractivity contribution is 1.41. The molecule has 0 saturated heterocycles. The largest absolute Gasteiger partial charge is 0.399 e. The Labute approximate surface area is 106 Å². The van der Waals surface area contributed by atoms with Crippen molar-refractivity contribution in [3.8, 4) is 11.1 Å². The molecule has 0 aliphatic rings. The van der Waals surface area contributed by atoms with Crippen molar-refractivity contribution in [2.45, 2.75) is 6.92 Å². The van der Waals surface area contributed by atoms with E-state index in [1.165, 1.54) is 16.7 Å². The number of aromatic nitrogens is 1. The van der Waals surface area contributed by atoms with Crippen LogP contribution in [0.1, 0.15) is 5.56 Å². The van der Waals surface area contributed by atoms with Gasteiger partial charge < -0.3 is 5.73 Å². The molecule has 0 amide bonds. The summed E-state index contributed by atoms with van der Waals surface area (Å²) in [5.41, 5.74) is 11.2. The second-order valence-electron chi connectivity index (χ2n) is 4.49. The minimum Gasteiger partial charge on any atom is -0.399 e. The summed E-state index contributed by atoms with van der Waals surface area (Å²) in [7, 11) is 0. The minimum absolute atomic E-state index is 0.801. The quantitative estimate of drug-likeness (QED) is 0.650. The fraction of sp³-hybridized carbons (Fsp3) is 0.0625. The lowest BCUT2D eigenvalue weighted by atomic mass is 9.99. The van der Waals surface area contributed by atoms with Crippen molar-refractivity contribution in [2.24, 2.45) is 0 Å². The van der Waals surface area contributed by atoms with Gasteiger partial charge in [-0.05, 0) is 47.9 Å². The number of nitrogen functional groups attached to an aromatic ring is 1. The van der Waals surface area contributed by atoms with Gasteiger partial charge >= 0.3 is 0 Å². The zero-order valence-electron chi connectivity index (χ0n) is 10.2. The summed E-state index contributed by atoms with van der Waals surface area (Å²) in [6.45, 7) is 2.08. The highest BCUT2D eigenvalue weighted by molar-refractivity contribution is 5.84. The number of benzene rings is 2. The molecule has 1 aromatic heterocycles. The summed E-state index contributed by atoms with van der Waals surface area (Å²) in [6.07, 6.45) is 1.82. The minimum atomic E-state index is 0.801. The molecule has 0 unspecified atom stereocenters. The fourth-order valence-corrected chi connectivity index (χ4v) is 2.24. The molecule has 3 aromatic rings. The van der Waals surface area contributed by atoms with Gasteiger partial charge in [0, 0.05) is 17.3 Å². The summed E-state index contributed by atoms with van der Waals surface area (Å²) >= 11 is 0. The van der Waals surface area contributed by atoms with Crippen molar-refractivity contribution in [3.63, 3.8) is 0 Å². The van der Waals surface area contributed by atoms with Gasteiger partial charge in [-0.25, -0.2) is 0 Å². The van der Waals surface area contributed by atoms with E-state index in [0.29, 0.717) is 0 Å². The fourth-order valence-electron chi connectivity index (χ4n) is 2.24. The van der Waals surface area contributed by atoms with Gasteiger partial charge in [-0.1, -0.05) is 24.3 Å². The van der Waals surface area contributed by atoms with Gasteiger partial charge in [0.1, 0.15) is 0 Å². The first-order valence-corrected chi connectivity index (χ1v) is 5.95. The summed E-state index contributed by atoms with van der Waals surface area (Å²) < 4.78 is 0. The maximum atomic E-state index is 5.78. The number of hydrogen-bond acceptors (Lipinski definition) is 2. The van der Waals surface area contributed by atoms with E-state index in [9.17, 15) is 0 Å². The third-order valence-electron chi connectivity index (χ3n) is 3.17. The van der Waals surface area contributed by atoms with Crippen LogP contribution >= 0.6 is 0 Å². The lowest BCUT2D eigenvalue weighted by Crippen LogP contribution is -1.89. The number of pyridine rings is 1. The van der Waals surface area contributed by atoms with Gasteiger partial charge in [0.2, 0.25) is 0 Å². The molecule has 0 aliphatic carbocycles. The molecule has 18 heavy (non-hydrogen) atoms. The average Bonchev–Trinajstić information content (AvgIpc) is 2.38. The Morgan fingerprint density at radius 3 is 2.72 bits per heavy atom. The van der Waals surface area contributed by atoms with Crippen LogP contribution in [-0.4, -0.2) is 4.98 Å². The molecular formula is C16H14N2. The van der Waals surface area contributed by atoms with Crippen LogP contribution in [0, 0.1) is 6.92 Å². The number of nitrogens with zero attached hydrogens (tertiary/aromatic N) is 1. The van der Waals surface area contributed by atoms with E-state index in [2.05, 4.69) is 42.2 Å². The van der Waals surface area contributed by atoms with Crippen LogP contribution in [-0.2, 0) is 0 Å². The van der Waals surface area contributed by atoms with Gasteiger partial charge in [0.15, 0.2) is 0 Å². The highest BCUT2D eigenvalue weighted by Crippen LogP contribution is 2.27. The standard InChI is InChI=1S/C16H14N2/c1-11-9-14(17)6-7-15(11)13-5-4-12-3-2-8-18-16(12)10-13/h2-10H,17H2,1H3. The van der Waals surface area contributed by atoms with E-state index in [1.54, 1.807) is 0 Å². The molecule has 3 rings (SSSR count). The number of anilines is 1. The first-order chi connectivity index (χ1) is 8.74. The molecule has 0 radical (unpaired) electrons. The van der Waals surface area contributed by atoms with E-state index in [1.807, 2.05) is 24.4 Å². The van der Waals surface area contributed by atoms with E-state index < -0.39 is 0 Å². The van der Waals surface area contributed by atoms with Gasteiger partial charge in [-0.15, -0.1) is 0 Å². The number of hydrogen-bond donors (Lipinski definition) is 1. The number of fused-ring (bicyclic) bond motifs is 1. The molecule has 2 aromatic carbocycles. The molecule has 2 N–H and O–H groups in total. The number of aryl methyl sites for hydroxylation is 1. The molecule has 2 heteroatoms. The van der Waals surface area contributed by atoms with Crippen LogP contribution in [0.15, 0.2) is 54.7 Å². The van der Waals surface area contributed by atoms with Crippen LogP contribution in [0.25, 0.3) is 22.0 Å². The molecule has 88 valence electrons. The van der Waals surface area contributed by atoms with Crippen LogP contribution in [0.4, 0.5) is 5.69 Å². The first-order valence-electron chi connectivity index (χ1n) is 5.95. The SMILES string of the molecule is Cc1cc(N)ccc1-c1ccc2cccnc2c1. The summed E-state index contributed by atoms with van der Waals surface area (Å²) in [5, 5.41) is 1.16. The zero-order chi connectivity index (χ0) is 12.5. The van der Waals surface area contributed by atoms with Gasteiger partial charge in [-0.2, -0.15) is 0 Å². The molecule has 0 fully saturated rings. The maximum absolute atomic E-state index is 5.78. The Kier molecular flexibility index (Phi) is 2.49. The molecule has 0 saturated carbocycles.